The Morgan fingerprint density at radius 2 is 1.64 bits per heavy atom. The summed E-state index contributed by atoms with van der Waals surface area (Å²) in [6, 6.07) is 0. The summed E-state index contributed by atoms with van der Waals surface area (Å²) in [7, 11) is 1.78. The molecule has 146 valence electrons. The molecule has 0 spiro atoms. The Bertz CT molecular complexity index is 500. The molecule has 5 heteroatoms. The van der Waals surface area contributed by atoms with Crippen LogP contribution in [0.25, 0.3) is 0 Å². The molecule has 3 fully saturated rings. The first-order valence-electron chi connectivity index (χ1n) is 9.58. The lowest BCUT2D eigenvalue weighted by Crippen LogP contribution is -2.42. The van der Waals surface area contributed by atoms with Crippen LogP contribution in [0.15, 0.2) is 0 Å². The molecule has 2 heterocycles. The summed E-state index contributed by atoms with van der Waals surface area (Å²) in [4.78, 5) is 0. The average Bonchev–Trinajstić information content (AvgIpc) is 2.99. The van der Waals surface area contributed by atoms with Crippen LogP contribution in [-0.4, -0.2) is 50.7 Å². The molecule has 0 bridgehead atoms. The van der Waals surface area contributed by atoms with Gasteiger partial charge in [0.15, 0.2) is 11.6 Å². The van der Waals surface area contributed by atoms with Crippen LogP contribution in [0.3, 0.4) is 0 Å². The topological polar surface area (TPSA) is 46.2 Å². The Morgan fingerprint density at radius 1 is 1.00 bits per heavy atom. The average molecular weight is 357 g/mol. The first-order valence-corrected chi connectivity index (χ1v) is 9.58. The Kier molecular flexibility index (Phi) is 4.82. The van der Waals surface area contributed by atoms with Crippen molar-refractivity contribution < 1.29 is 23.7 Å². The van der Waals surface area contributed by atoms with Gasteiger partial charge in [-0.05, 0) is 57.8 Å². The van der Waals surface area contributed by atoms with Gasteiger partial charge < -0.3 is 23.7 Å². The molecule has 2 saturated heterocycles. The lowest BCUT2D eigenvalue weighted by atomic mass is 9.70. The van der Waals surface area contributed by atoms with Gasteiger partial charge in [0.25, 0.3) is 0 Å². The van der Waals surface area contributed by atoms with Crippen LogP contribution < -0.4 is 0 Å². The van der Waals surface area contributed by atoms with Crippen molar-refractivity contribution in [3.05, 3.63) is 0 Å². The minimum atomic E-state index is -0.545. The summed E-state index contributed by atoms with van der Waals surface area (Å²) < 4.78 is 30.1. The summed E-state index contributed by atoms with van der Waals surface area (Å²) >= 11 is 0. The molecular formula is C20H36O5. The minimum Gasteiger partial charge on any atom is -0.384 e. The second-order valence-electron chi connectivity index (χ2n) is 9.60. The van der Waals surface area contributed by atoms with Gasteiger partial charge in [0, 0.05) is 13.0 Å². The van der Waals surface area contributed by atoms with E-state index < -0.39 is 11.6 Å². The molecule has 1 aliphatic carbocycles. The van der Waals surface area contributed by atoms with E-state index in [0.717, 1.165) is 6.42 Å². The van der Waals surface area contributed by atoms with Crippen molar-refractivity contribution in [2.24, 2.45) is 22.7 Å². The quantitative estimate of drug-likeness (QED) is 0.770. The van der Waals surface area contributed by atoms with Crippen molar-refractivity contribution in [3.8, 4) is 0 Å². The molecule has 3 aliphatic rings. The number of fused-ring (bicyclic) bond motifs is 1. The fourth-order valence-electron chi connectivity index (χ4n) is 5.76. The molecule has 0 amide bonds. The molecule has 0 aromatic heterocycles. The predicted molar refractivity (Wildman–Crippen MR) is 95.2 cm³/mol. The van der Waals surface area contributed by atoms with Gasteiger partial charge in [-0.1, -0.05) is 13.8 Å². The van der Waals surface area contributed by atoms with Crippen LogP contribution in [0, 0.1) is 22.7 Å². The van der Waals surface area contributed by atoms with Gasteiger partial charge in [-0.25, -0.2) is 0 Å². The molecular weight excluding hydrogens is 320 g/mol. The van der Waals surface area contributed by atoms with E-state index in [-0.39, 0.29) is 23.0 Å². The number of methoxy groups -OCH3 is 1. The van der Waals surface area contributed by atoms with Crippen molar-refractivity contribution in [1.29, 1.82) is 0 Å². The van der Waals surface area contributed by atoms with E-state index in [4.69, 9.17) is 23.7 Å². The third-order valence-electron chi connectivity index (χ3n) is 6.60. The first kappa shape index (κ1) is 19.6. The van der Waals surface area contributed by atoms with Crippen LogP contribution in [0.5, 0.6) is 0 Å². The molecule has 5 nitrogen and oxygen atoms in total. The largest absolute Gasteiger partial charge is 0.384 e. The molecule has 5 unspecified atom stereocenters. The standard InChI is InChI=1S/C20H36O5/c1-13-15-16(14-11-23-19(6,7)25-14)20(15,17(2,3)12-21-8)9-10-22-18(4,5)24-13/h13-16H,9-12H2,1-8H3. The smallest absolute Gasteiger partial charge is 0.163 e. The summed E-state index contributed by atoms with van der Waals surface area (Å²) in [5, 5.41) is 0. The number of hydrogen-bond acceptors (Lipinski definition) is 5. The molecule has 1 saturated carbocycles. The van der Waals surface area contributed by atoms with Gasteiger partial charge in [0.1, 0.15) is 0 Å². The van der Waals surface area contributed by atoms with Crippen LogP contribution in [0.1, 0.15) is 54.9 Å². The lowest BCUT2D eigenvalue weighted by molar-refractivity contribution is -0.252. The monoisotopic (exact) mass is 356 g/mol. The highest BCUT2D eigenvalue weighted by Crippen LogP contribution is 2.74. The lowest BCUT2D eigenvalue weighted by Gasteiger charge is -2.41. The van der Waals surface area contributed by atoms with Crippen LogP contribution >= 0.6 is 0 Å². The van der Waals surface area contributed by atoms with Gasteiger partial charge >= 0.3 is 0 Å². The Balaban J connectivity index is 1.93. The molecule has 0 radical (unpaired) electrons. The highest BCUT2D eigenvalue weighted by molar-refractivity contribution is 5.21. The summed E-state index contributed by atoms with van der Waals surface area (Å²) in [5.74, 6) is -0.235. The van der Waals surface area contributed by atoms with E-state index in [1.165, 1.54) is 0 Å². The summed E-state index contributed by atoms with van der Waals surface area (Å²) in [6.07, 6.45) is 1.20. The van der Waals surface area contributed by atoms with Gasteiger partial charge in [0.05, 0.1) is 32.0 Å². The van der Waals surface area contributed by atoms with Gasteiger partial charge in [-0.15, -0.1) is 0 Å². The number of hydrogen-bond donors (Lipinski definition) is 0. The SMILES string of the molecule is COCC(C)(C)C12CCOC(C)(C)OC(C)C1C2C1COC(C)(C)O1. The van der Waals surface area contributed by atoms with E-state index >= 15 is 0 Å². The fraction of sp³-hybridized carbons (Fsp3) is 1.00. The van der Waals surface area contributed by atoms with Crippen molar-refractivity contribution in [3.63, 3.8) is 0 Å². The number of rotatable bonds is 4. The normalized spacial score (nSPS) is 43.2. The van der Waals surface area contributed by atoms with Gasteiger partial charge in [-0.2, -0.15) is 0 Å². The van der Waals surface area contributed by atoms with Crippen LogP contribution in [0.2, 0.25) is 0 Å². The predicted octanol–water partition coefficient (Wildman–Crippen LogP) is 3.60. The van der Waals surface area contributed by atoms with Crippen LogP contribution in [-0.2, 0) is 23.7 Å². The van der Waals surface area contributed by atoms with E-state index in [1.807, 2.05) is 27.7 Å². The summed E-state index contributed by atoms with van der Waals surface area (Å²) in [5.41, 5.74) is 0.0863. The molecule has 0 N–H and O–H groups in total. The maximum Gasteiger partial charge on any atom is 0.163 e. The Hall–Kier alpha value is -0.200. The Morgan fingerprint density at radius 3 is 2.20 bits per heavy atom. The van der Waals surface area contributed by atoms with E-state index in [2.05, 4.69) is 20.8 Å². The van der Waals surface area contributed by atoms with E-state index in [9.17, 15) is 0 Å². The molecule has 0 aromatic carbocycles. The minimum absolute atomic E-state index is 0.00956. The fourth-order valence-corrected chi connectivity index (χ4v) is 5.76. The molecule has 5 atom stereocenters. The van der Waals surface area contributed by atoms with Gasteiger partial charge in [-0.3, -0.25) is 0 Å². The zero-order valence-corrected chi connectivity index (χ0v) is 17.2. The third kappa shape index (κ3) is 3.27. The zero-order valence-electron chi connectivity index (χ0n) is 17.2. The molecule has 0 aromatic rings. The first-order chi connectivity index (χ1) is 11.5. The van der Waals surface area contributed by atoms with E-state index in [1.54, 1.807) is 7.11 Å². The highest BCUT2D eigenvalue weighted by atomic mass is 16.7. The summed E-state index contributed by atoms with van der Waals surface area (Å²) in [6.45, 7) is 16.9. The van der Waals surface area contributed by atoms with Crippen molar-refractivity contribution in [2.45, 2.75) is 78.7 Å². The van der Waals surface area contributed by atoms with Gasteiger partial charge in [0.2, 0.25) is 0 Å². The molecule has 3 rings (SSSR count). The number of ether oxygens (including phenoxy) is 5. The Labute approximate surface area is 152 Å². The van der Waals surface area contributed by atoms with Crippen molar-refractivity contribution in [1.82, 2.24) is 0 Å². The van der Waals surface area contributed by atoms with Crippen molar-refractivity contribution in [2.75, 3.05) is 26.9 Å². The highest BCUT2D eigenvalue weighted by Gasteiger charge is 2.75. The van der Waals surface area contributed by atoms with Crippen molar-refractivity contribution >= 4 is 0 Å². The second kappa shape index (κ2) is 6.16. The van der Waals surface area contributed by atoms with E-state index in [0.29, 0.717) is 31.7 Å². The maximum atomic E-state index is 6.31. The zero-order chi connectivity index (χ0) is 18.7. The maximum absolute atomic E-state index is 6.31. The third-order valence-corrected chi connectivity index (χ3v) is 6.60. The second-order valence-corrected chi connectivity index (χ2v) is 9.60. The van der Waals surface area contributed by atoms with Crippen LogP contribution in [0.4, 0.5) is 0 Å². The molecule has 2 aliphatic heterocycles. The molecule has 25 heavy (non-hydrogen) atoms.